The van der Waals surface area contributed by atoms with Gasteiger partial charge in [-0.3, -0.25) is 10.4 Å². The highest BCUT2D eigenvalue weighted by molar-refractivity contribution is 7.26. The molecule has 0 aliphatic carbocycles. The van der Waals surface area contributed by atoms with E-state index >= 15 is 0 Å². The minimum absolute atomic E-state index is 0.488. The van der Waals surface area contributed by atoms with E-state index in [0.29, 0.717) is 5.71 Å². The third-order valence-electron chi connectivity index (χ3n) is 7.62. The molecule has 0 radical (unpaired) electrons. The number of pyridine rings is 1. The van der Waals surface area contributed by atoms with Crippen LogP contribution in [0.5, 0.6) is 0 Å². The molecule has 0 saturated carbocycles. The van der Waals surface area contributed by atoms with E-state index in [-0.39, 0.29) is 0 Å². The topological polar surface area (TPSA) is 44.9 Å². The molecule has 39 heavy (non-hydrogen) atoms. The van der Waals surface area contributed by atoms with Gasteiger partial charge >= 0.3 is 0 Å². The summed E-state index contributed by atoms with van der Waals surface area (Å²) in [6.07, 6.45) is 3.74. The Bertz CT molecular complexity index is 2220. The number of rotatable bonds is 2. The van der Waals surface area contributed by atoms with Crippen molar-refractivity contribution in [3.05, 3.63) is 132 Å². The van der Waals surface area contributed by atoms with Gasteiger partial charge in [-0.2, -0.15) is 0 Å². The summed E-state index contributed by atoms with van der Waals surface area (Å²) in [5, 5.41) is 14.6. The molecule has 0 saturated heterocycles. The number of nitrogens with zero attached hydrogens (tertiary/aromatic N) is 3. The smallest absolute Gasteiger partial charge is 0.0881 e. The van der Waals surface area contributed by atoms with Crippen molar-refractivity contribution in [1.82, 2.24) is 9.55 Å². The van der Waals surface area contributed by atoms with Gasteiger partial charge in [0.25, 0.3) is 0 Å². The molecule has 0 amide bonds. The fourth-order valence-electron chi connectivity index (χ4n) is 5.96. The Morgan fingerprint density at radius 3 is 2.36 bits per heavy atom. The molecule has 4 heterocycles. The molecule has 1 aliphatic rings. The number of anilines is 2. The van der Waals surface area contributed by atoms with Crippen molar-refractivity contribution in [2.45, 2.75) is 0 Å². The molecule has 3 aromatic heterocycles. The Morgan fingerprint density at radius 2 is 1.46 bits per heavy atom. The number of hydrogen-bond donors (Lipinski definition) is 1. The molecule has 4 nitrogen and oxygen atoms in total. The maximum absolute atomic E-state index is 9.36. The van der Waals surface area contributed by atoms with Crippen molar-refractivity contribution in [2.75, 3.05) is 4.90 Å². The predicted octanol–water partition coefficient (Wildman–Crippen LogP) is 7.13. The molecule has 8 rings (SSSR count). The third-order valence-corrected chi connectivity index (χ3v) is 8.83. The number of fused-ring (bicyclic) bond motifs is 5. The zero-order valence-corrected chi connectivity index (χ0v) is 21.7. The van der Waals surface area contributed by atoms with Crippen LogP contribution in [0.2, 0.25) is 0 Å². The van der Waals surface area contributed by atoms with Crippen LogP contribution >= 0.6 is 11.3 Å². The lowest BCUT2D eigenvalue weighted by Crippen LogP contribution is -2.34. The largest absolute Gasteiger partial charge is 0.308 e. The Balaban J connectivity index is 1.53. The number of benzene rings is 4. The monoisotopic (exact) mass is 518 g/mol. The van der Waals surface area contributed by atoms with E-state index in [1.165, 1.54) is 20.2 Å². The van der Waals surface area contributed by atoms with Crippen LogP contribution in [0.4, 0.5) is 11.4 Å². The lowest BCUT2D eigenvalue weighted by atomic mass is 10.1. The highest BCUT2D eigenvalue weighted by atomic mass is 32.1. The molecule has 0 unspecified atom stereocenters. The maximum atomic E-state index is 9.36. The summed E-state index contributed by atoms with van der Waals surface area (Å²) in [7, 11) is 0. The summed E-state index contributed by atoms with van der Waals surface area (Å²) >= 11 is 1.81. The molecule has 1 N–H and O–H groups in total. The van der Waals surface area contributed by atoms with Gasteiger partial charge < -0.3 is 9.47 Å². The summed E-state index contributed by atoms with van der Waals surface area (Å²) in [4.78, 5) is 6.71. The van der Waals surface area contributed by atoms with E-state index in [0.717, 1.165) is 49.8 Å². The van der Waals surface area contributed by atoms with Gasteiger partial charge in [0.15, 0.2) is 0 Å². The van der Waals surface area contributed by atoms with Crippen molar-refractivity contribution in [3.8, 4) is 5.69 Å². The molecular formula is C34H22N4S. The highest BCUT2D eigenvalue weighted by Gasteiger charge is 2.32. The molecule has 0 fully saturated rings. The molecule has 1 aliphatic heterocycles. The summed E-state index contributed by atoms with van der Waals surface area (Å²) in [5.41, 5.74) is 6.36. The molecule has 4 aromatic carbocycles. The minimum Gasteiger partial charge on any atom is -0.308 e. The zero-order chi connectivity index (χ0) is 26.1. The van der Waals surface area contributed by atoms with Gasteiger partial charge in [0.2, 0.25) is 0 Å². The number of para-hydroxylation sites is 2. The Morgan fingerprint density at radius 1 is 0.718 bits per heavy atom. The first-order valence-corrected chi connectivity index (χ1v) is 13.7. The number of nitrogens with one attached hydrogen (secondary N) is 1. The van der Waals surface area contributed by atoms with Crippen LogP contribution in [0.25, 0.3) is 49.0 Å². The van der Waals surface area contributed by atoms with E-state index < -0.39 is 0 Å². The van der Waals surface area contributed by atoms with E-state index in [1.807, 2.05) is 48.8 Å². The minimum atomic E-state index is 0.488. The zero-order valence-electron chi connectivity index (χ0n) is 20.9. The van der Waals surface area contributed by atoms with Crippen LogP contribution in [0, 0.1) is 5.41 Å². The van der Waals surface area contributed by atoms with Gasteiger partial charge in [-0.15, -0.1) is 11.3 Å². The molecule has 7 aromatic rings. The maximum Gasteiger partial charge on any atom is 0.0881 e. The Hall–Kier alpha value is -5.00. The fourth-order valence-corrected chi connectivity index (χ4v) is 7.16. The average Bonchev–Trinajstić information content (AvgIpc) is 3.60. The second-order valence-corrected chi connectivity index (χ2v) is 10.8. The quantitative estimate of drug-likeness (QED) is 0.265. The second kappa shape index (κ2) is 8.25. The van der Waals surface area contributed by atoms with Crippen molar-refractivity contribution in [2.24, 2.45) is 0 Å². The van der Waals surface area contributed by atoms with Gasteiger partial charge in [-0.1, -0.05) is 73.3 Å². The Labute approximate surface area is 228 Å². The van der Waals surface area contributed by atoms with Crippen molar-refractivity contribution in [3.63, 3.8) is 0 Å². The van der Waals surface area contributed by atoms with Crippen LogP contribution in [0.1, 0.15) is 5.56 Å². The molecule has 0 spiro atoms. The van der Waals surface area contributed by atoms with Gasteiger partial charge in [0.05, 0.1) is 33.0 Å². The van der Waals surface area contributed by atoms with Crippen LogP contribution in [-0.2, 0) is 0 Å². The summed E-state index contributed by atoms with van der Waals surface area (Å²) in [6, 6.07) is 35.5. The highest BCUT2D eigenvalue weighted by Crippen LogP contribution is 2.41. The Kier molecular flexibility index (Phi) is 4.66. The summed E-state index contributed by atoms with van der Waals surface area (Å²) in [5.74, 6) is 0. The van der Waals surface area contributed by atoms with Gasteiger partial charge in [0.1, 0.15) is 0 Å². The van der Waals surface area contributed by atoms with Crippen LogP contribution < -0.4 is 15.5 Å². The second-order valence-electron chi connectivity index (χ2n) is 9.71. The molecule has 5 heteroatoms. The first kappa shape index (κ1) is 22.0. The average molecular weight is 519 g/mol. The van der Waals surface area contributed by atoms with Crippen molar-refractivity contribution < 1.29 is 0 Å². The van der Waals surface area contributed by atoms with E-state index in [9.17, 15) is 5.41 Å². The fraction of sp³-hybridized carbons (Fsp3) is 0. The van der Waals surface area contributed by atoms with E-state index in [1.54, 1.807) is 11.3 Å². The van der Waals surface area contributed by atoms with Gasteiger partial charge in [0, 0.05) is 55.1 Å². The molecule has 0 atom stereocenters. The molecule has 184 valence electrons. The first-order valence-electron chi connectivity index (χ1n) is 12.8. The molecule has 0 bridgehead atoms. The predicted molar refractivity (Wildman–Crippen MR) is 164 cm³/mol. The lowest BCUT2D eigenvalue weighted by Gasteiger charge is -2.21. The van der Waals surface area contributed by atoms with Gasteiger partial charge in [-0.25, -0.2) is 0 Å². The lowest BCUT2D eigenvalue weighted by molar-refractivity contribution is 1.09. The van der Waals surface area contributed by atoms with Gasteiger partial charge in [-0.05, 0) is 36.4 Å². The standard InChI is InChI=1S/C34H22N4S/c1-21-31(33-32(35)25-13-5-7-15-27(25)38(33)22-10-3-2-4-11-22)26-20-36-19-18-28(26)37(21)29-16-9-14-24-23-12-6-8-17-30(23)39-34(24)29/h2-20,35H,1H2/b33-31-,35-32?. The number of thiophene rings is 1. The first-order chi connectivity index (χ1) is 19.2. The SMILES string of the molecule is C=c1/c(=C2\C(=N)c3ccccc3N2c2ccccc2)c2cnccc2n1-c1cccc2c1sc1ccccc12. The molecular weight excluding hydrogens is 496 g/mol. The summed E-state index contributed by atoms with van der Waals surface area (Å²) in [6.45, 7) is 4.66. The van der Waals surface area contributed by atoms with E-state index in [4.69, 9.17) is 0 Å². The van der Waals surface area contributed by atoms with Crippen LogP contribution in [0.15, 0.2) is 116 Å². The summed E-state index contributed by atoms with van der Waals surface area (Å²) < 4.78 is 4.73. The van der Waals surface area contributed by atoms with Crippen LogP contribution in [-0.4, -0.2) is 15.3 Å². The number of hydrogen-bond acceptors (Lipinski definition) is 4. The van der Waals surface area contributed by atoms with E-state index in [2.05, 4.69) is 87.8 Å². The third kappa shape index (κ3) is 3.05. The van der Waals surface area contributed by atoms with Crippen molar-refractivity contribution in [1.29, 1.82) is 5.41 Å². The van der Waals surface area contributed by atoms with Crippen LogP contribution in [0.3, 0.4) is 0 Å². The number of aromatic nitrogens is 2. The normalized spacial score (nSPS) is 14.6. The van der Waals surface area contributed by atoms with Crippen molar-refractivity contribution >= 4 is 71.8 Å².